The molecule has 3 aromatic rings. The van der Waals surface area contributed by atoms with Gasteiger partial charge in [-0.2, -0.15) is 13.2 Å². The average Bonchev–Trinajstić information content (AvgIpc) is 3.78. The van der Waals surface area contributed by atoms with Gasteiger partial charge in [-0.25, -0.2) is 12.8 Å². The summed E-state index contributed by atoms with van der Waals surface area (Å²) in [6.07, 6.45) is -1.85. The monoisotopic (exact) mass is 622 g/mol. The first kappa shape index (κ1) is 29.9. The molecule has 1 atom stereocenters. The molecule has 2 aliphatic rings. The van der Waals surface area contributed by atoms with Crippen LogP contribution in [0.4, 0.5) is 23.2 Å². The smallest absolute Gasteiger partial charge is 0.416 e. The van der Waals surface area contributed by atoms with Crippen LogP contribution in [0, 0.1) is 11.7 Å². The molecule has 0 aromatic heterocycles. The third kappa shape index (κ3) is 6.42. The Labute approximate surface area is 246 Å². The molecule has 0 bridgehead atoms. The van der Waals surface area contributed by atoms with Gasteiger partial charge >= 0.3 is 6.18 Å². The van der Waals surface area contributed by atoms with E-state index < -0.39 is 38.6 Å². The zero-order valence-electron chi connectivity index (χ0n) is 22.4. The van der Waals surface area contributed by atoms with Gasteiger partial charge in [-0.15, -0.1) is 0 Å². The lowest BCUT2D eigenvalue weighted by Gasteiger charge is -2.36. The standard InChI is InChI=1S/C30H27ClF4N2O4S/c1-18(28-24(31)6-3-7-25(28)32)14-19-8-11-27-26(15-19)37(17-22(41-27)12-13-36-29(38)20-9-10-20)42(39,40)23-5-2-4-21(16-23)30(33,34)35/h2-8,11,14-16,20,22H,9-10,12-13,17H2,1H3,(H,36,38). The molecule has 1 fully saturated rings. The van der Waals surface area contributed by atoms with Crippen molar-refractivity contribution in [1.29, 1.82) is 0 Å². The molecule has 6 nitrogen and oxygen atoms in total. The third-order valence-electron chi connectivity index (χ3n) is 7.12. The van der Waals surface area contributed by atoms with Crippen molar-refractivity contribution < 1.29 is 35.5 Å². The van der Waals surface area contributed by atoms with Crippen LogP contribution in [-0.2, 0) is 21.0 Å². The van der Waals surface area contributed by atoms with Gasteiger partial charge in [-0.05, 0) is 73.4 Å². The van der Waals surface area contributed by atoms with Crippen LogP contribution in [0.5, 0.6) is 5.75 Å². The molecule has 5 rings (SSSR count). The summed E-state index contributed by atoms with van der Waals surface area (Å²) in [4.78, 5) is 11.5. The second kappa shape index (κ2) is 11.6. The second-order valence-corrected chi connectivity index (χ2v) is 12.6. The molecule has 1 amide bonds. The topological polar surface area (TPSA) is 75.7 Å². The first-order valence-corrected chi connectivity index (χ1v) is 15.1. The van der Waals surface area contributed by atoms with Crippen molar-refractivity contribution in [3.63, 3.8) is 0 Å². The number of nitrogens with one attached hydrogen (secondary N) is 1. The highest BCUT2D eigenvalue weighted by atomic mass is 35.5. The van der Waals surface area contributed by atoms with Crippen LogP contribution in [0.15, 0.2) is 65.6 Å². The van der Waals surface area contributed by atoms with Crippen LogP contribution >= 0.6 is 11.6 Å². The highest BCUT2D eigenvalue weighted by Gasteiger charge is 2.37. The van der Waals surface area contributed by atoms with E-state index in [-0.39, 0.29) is 53.4 Å². The van der Waals surface area contributed by atoms with E-state index in [0.717, 1.165) is 35.3 Å². The van der Waals surface area contributed by atoms with Crippen molar-refractivity contribution >= 4 is 44.9 Å². The van der Waals surface area contributed by atoms with Crippen molar-refractivity contribution in [2.24, 2.45) is 5.92 Å². The number of fused-ring (bicyclic) bond motifs is 1. The van der Waals surface area contributed by atoms with E-state index in [0.29, 0.717) is 17.2 Å². The molecule has 42 heavy (non-hydrogen) atoms. The van der Waals surface area contributed by atoms with Crippen LogP contribution in [0.2, 0.25) is 5.02 Å². The van der Waals surface area contributed by atoms with Gasteiger partial charge in [0, 0.05) is 24.4 Å². The van der Waals surface area contributed by atoms with Crippen molar-refractivity contribution in [2.75, 3.05) is 17.4 Å². The number of ether oxygens (including phenoxy) is 1. The molecule has 3 aromatic carbocycles. The summed E-state index contributed by atoms with van der Waals surface area (Å²) < 4.78 is 89.6. The normalized spacial score (nSPS) is 17.4. The van der Waals surface area contributed by atoms with E-state index in [1.165, 1.54) is 18.2 Å². The maximum atomic E-state index is 14.5. The molecular formula is C30H27ClF4N2O4S. The Bertz CT molecular complexity index is 1630. The van der Waals surface area contributed by atoms with E-state index in [9.17, 15) is 30.8 Å². The fourth-order valence-corrected chi connectivity index (χ4v) is 6.66. The summed E-state index contributed by atoms with van der Waals surface area (Å²) in [5.74, 6) is -0.386. The summed E-state index contributed by atoms with van der Waals surface area (Å²) in [5.41, 5.74) is 0.187. The average molecular weight is 623 g/mol. The summed E-state index contributed by atoms with van der Waals surface area (Å²) >= 11 is 6.20. The highest BCUT2D eigenvalue weighted by molar-refractivity contribution is 7.92. The molecule has 12 heteroatoms. The molecule has 1 saturated carbocycles. The molecule has 1 unspecified atom stereocenters. The Kier molecular flexibility index (Phi) is 8.26. The lowest BCUT2D eigenvalue weighted by molar-refractivity contribution is -0.137. The van der Waals surface area contributed by atoms with Crippen molar-refractivity contribution in [1.82, 2.24) is 5.32 Å². The van der Waals surface area contributed by atoms with E-state index in [1.807, 2.05) is 0 Å². The van der Waals surface area contributed by atoms with Crippen molar-refractivity contribution in [2.45, 2.75) is 43.4 Å². The van der Waals surface area contributed by atoms with Gasteiger partial charge in [0.1, 0.15) is 17.7 Å². The molecule has 1 aliphatic heterocycles. The van der Waals surface area contributed by atoms with Crippen LogP contribution < -0.4 is 14.4 Å². The van der Waals surface area contributed by atoms with E-state index in [1.54, 1.807) is 31.2 Å². The Morgan fingerprint density at radius 3 is 2.55 bits per heavy atom. The highest BCUT2D eigenvalue weighted by Crippen LogP contribution is 2.40. The molecule has 0 radical (unpaired) electrons. The van der Waals surface area contributed by atoms with Gasteiger partial charge in [0.25, 0.3) is 10.0 Å². The number of halogens is 5. The number of sulfonamides is 1. The SMILES string of the molecule is CC(=Cc1ccc2c(c1)N(S(=O)(=O)c1cccc(C(F)(F)F)c1)CC(CCNC(=O)C1CC1)O2)c1c(F)cccc1Cl. The number of benzene rings is 3. The maximum Gasteiger partial charge on any atom is 0.416 e. The molecule has 1 N–H and O–H groups in total. The number of hydrogen-bond donors (Lipinski definition) is 1. The fraction of sp³-hybridized carbons (Fsp3) is 0.300. The number of rotatable bonds is 8. The van der Waals surface area contributed by atoms with Gasteiger partial charge in [-0.3, -0.25) is 9.10 Å². The lowest BCUT2D eigenvalue weighted by Crippen LogP contribution is -2.45. The van der Waals surface area contributed by atoms with Gasteiger partial charge in [0.05, 0.1) is 27.7 Å². The maximum absolute atomic E-state index is 14.5. The number of allylic oxidation sites excluding steroid dienone is 1. The number of nitrogens with zero attached hydrogens (tertiary/aromatic N) is 1. The minimum Gasteiger partial charge on any atom is -0.486 e. The number of hydrogen-bond acceptors (Lipinski definition) is 4. The number of carbonyl (C=O) groups is 1. The number of alkyl halides is 3. The summed E-state index contributed by atoms with van der Waals surface area (Å²) in [6, 6.07) is 12.6. The summed E-state index contributed by atoms with van der Waals surface area (Å²) in [7, 11) is -4.48. The van der Waals surface area contributed by atoms with Gasteiger partial charge in [-0.1, -0.05) is 35.9 Å². The van der Waals surface area contributed by atoms with Gasteiger partial charge in [0.2, 0.25) is 5.91 Å². The molecule has 0 spiro atoms. The number of carbonyl (C=O) groups excluding carboxylic acids is 1. The van der Waals surface area contributed by atoms with Crippen LogP contribution in [0.3, 0.4) is 0 Å². The predicted octanol–water partition coefficient (Wildman–Crippen LogP) is 6.93. The molecule has 0 saturated heterocycles. The van der Waals surface area contributed by atoms with Gasteiger partial charge < -0.3 is 10.1 Å². The Hall–Kier alpha value is -3.57. The van der Waals surface area contributed by atoms with Crippen molar-refractivity contribution in [3.8, 4) is 5.75 Å². The van der Waals surface area contributed by atoms with E-state index in [4.69, 9.17) is 16.3 Å². The molecule has 222 valence electrons. The van der Waals surface area contributed by atoms with Gasteiger partial charge in [0.15, 0.2) is 0 Å². The third-order valence-corrected chi connectivity index (χ3v) is 9.21. The second-order valence-electron chi connectivity index (χ2n) is 10.3. The molecule has 1 heterocycles. The Morgan fingerprint density at radius 1 is 1.12 bits per heavy atom. The van der Waals surface area contributed by atoms with E-state index >= 15 is 0 Å². The summed E-state index contributed by atoms with van der Waals surface area (Å²) in [5, 5.41) is 3.02. The predicted molar refractivity (Wildman–Crippen MR) is 152 cm³/mol. The van der Waals surface area contributed by atoms with Crippen LogP contribution in [-0.4, -0.2) is 33.5 Å². The Balaban J connectivity index is 1.51. The van der Waals surface area contributed by atoms with Crippen LogP contribution in [0.25, 0.3) is 11.6 Å². The first-order chi connectivity index (χ1) is 19.8. The zero-order valence-corrected chi connectivity index (χ0v) is 24.0. The lowest BCUT2D eigenvalue weighted by atomic mass is 10.0. The van der Waals surface area contributed by atoms with Crippen molar-refractivity contribution in [3.05, 3.63) is 88.2 Å². The largest absolute Gasteiger partial charge is 0.486 e. The number of amides is 1. The Morgan fingerprint density at radius 2 is 1.86 bits per heavy atom. The summed E-state index contributed by atoms with van der Waals surface area (Å²) in [6.45, 7) is 1.70. The van der Waals surface area contributed by atoms with E-state index in [2.05, 4.69) is 5.32 Å². The molecule has 1 aliphatic carbocycles. The quantitative estimate of drug-likeness (QED) is 0.218. The first-order valence-electron chi connectivity index (χ1n) is 13.3. The number of anilines is 1. The van der Waals surface area contributed by atoms with Crippen LogP contribution in [0.1, 0.15) is 42.9 Å². The minimum atomic E-state index is -4.74. The fourth-order valence-electron chi connectivity index (χ4n) is 4.80. The minimum absolute atomic E-state index is 0.00459. The zero-order chi connectivity index (χ0) is 30.2. The molecular weight excluding hydrogens is 596 g/mol.